The van der Waals surface area contributed by atoms with Crippen LogP contribution in [0.3, 0.4) is 0 Å². The van der Waals surface area contributed by atoms with E-state index in [-0.39, 0.29) is 5.78 Å². The van der Waals surface area contributed by atoms with Gasteiger partial charge >= 0.3 is 0 Å². The van der Waals surface area contributed by atoms with Gasteiger partial charge in [-0.3, -0.25) is 4.79 Å². The maximum atomic E-state index is 12.1. The smallest absolute Gasteiger partial charge is 0.223 e. The number of carbonyl (C=O) groups is 1. The summed E-state index contributed by atoms with van der Waals surface area (Å²) in [7, 11) is 0. The van der Waals surface area contributed by atoms with Crippen LogP contribution in [0.25, 0.3) is 11.0 Å². The van der Waals surface area contributed by atoms with Crippen LogP contribution in [0.1, 0.15) is 30.8 Å². The Morgan fingerprint density at radius 3 is 2.82 bits per heavy atom. The summed E-state index contributed by atoms with van der Waals surface area (Å²) in [6, 6.07) is 7.05. The maximum Gasteiger partial charge on any atom is 0.223 e. The van der Waals surface area contributed by atoms with Crippen molar-refractivity contribution < 1.29 is 9.21 Å². The van der Waals surface area contributed by atoms with Gasteiger partial charge in [-0.1, -0.05) is 24.6 Å². The van der Waals surface area contributed by atoms with E-state index in [4.69, 9.17) is 16.0 Å². The predicted molar refractivity (Wildman–Crippen MR) is 69.6 cm³/mol. The summed E-state index contributed by atoms with van der Waals surface area (Å²) in [5.41, 5.74) is 1.44. The number of carbonyl (C=O) groups excluding carboxylic acids is 1. The van der Waals surface area contributed by atoms with E-state index in [2.05, 4.69) is 0 Å². The van der Waals surface area contributed by atoms with Crippen molar-refractivity contribution in [3.05, 3.63) is 46.7 Å². The summed E-state index contributed by atoms with van der Waals surface area (Å²) in [6.45, 7) is 3.81. The van der Waals surface area contributed by atoms with Gasteiger partial charge in [0.2, 0.25) is 5.78 Å². The number of allylic oxidation sites excluding steroid dienone is 2. The van der Waals surface area contributed by atoms with Gasteiger partial charge in [0.1, 0.15) is 5.58 Å². The summed E-state index contributed by atoms with van der Waals surface area (Å²) in [4.78, 5) is 12.1. The minimum Gasteiger partial charge on any atom is -0.453 e. The number of benzene rings is 1. The lowest BCUT2D eigenvalue weighted by atomic mass is 10.1. The quantitative estimate of drug-likeness (QED) is 0.586. The average molecular weight is 249 g/mol. The summed E-state index contributed by atoms with van der Waals surface area (Å²) < 4.78 is 5.52. The molecule has 1 heterocycles. The Kier molecular flexibility index (Phi) is 3.34. The highest BCUT2D eigenvalue weighted by Crippen LogP contribution is 2.24. The summed E-state index contributed by atoms with van der Waals surface area (Å²) >= 11 is 5.89. The van der Waals surface area contributed by atoms with Crippen molar-refractivity contribution in [2.45, 2.75) is 20.3 Å². The Balaban J connectivity index is 2.46. The van der Waals surface area contributed by atoms with E-state index in [1.807, 2.05) is 19.9 Å². The fourth-order valence-corrected chi connectivity index (χ4v) is 1.96. The number of hydrogen-bond donors (Lipinski definition) is 0. The number of ketones is 1. The van der Waals surface area contributed by atoms with Crippen LogP contribution in [0, 0.1) is 0 Å². The molecular formula is C14H13ClO2. The zero-order valence-electron chi connectivity index (χ0n) is 9.79. The standard InChI is InChI=1S/C14H13ClO2/c1-3-9(4-2)14(16)13-8-10-7-11(15)5-6-12(10)17-13/h3,5-8H,4H2,1-2H3/b9-3-. The second kappa shape index (κ2) is 4.76. The van der Waals surface area contributed by atoms with Crippen LogP contribution in [0.2, 0.25) is 5.02 Å². The first kappa shape index (κ1) is 11.9. The van der Waals surface area contributed by atoms with E-state index < -0.39 is 0 Å². The fourth-order valence-electron chi connectivity index (χ4n) is 1.78. The lowest BCUT2D eigenvalue weighted by Crippen LogP contribution is -2.00. The Morgan fingerprint density at radius 2 is 2.18 bits per heavy atom. The number of hydrogen-bond acceptors (Lipinski definition) is 2. The van der Waals surface area contributed by atoms with Gasteiger partial charge < -0.3 is 4.42 Å². The Labute approximate surface area is 105 Å². The number of fused-ring (bicyclic) bond motifs is 1. The molecule has 0 aliphatic heterocycles. The van der Waals surface area contributed by atoms with Crippen LogP contribution in [0.4, 0.5) is 0 Å². The van der Waals surface area contributed by atoms with Crippen LogP contribution < -0.4 is 0 Å². The first-order valence-electron chi connectivity index (χ1n) is 5.54. The average Bonchev–Trinajstić information content (AvgIpc) is 2.73. The predicted octanol–water partition coefficient (Wildman–Crippen LogP) is 4.63. The van der Waals surface area contributed by atoms with Crippen LogP contribution >= 0.6 is 11.6 Å². The van der Waals surface area contributed by atoms with Gasteiger partial charge in [0.05, 0.1) is 0 Å². The van der Waals surface area contributed by atoms with Crippen LogP contribution in [-0.2, 0) is 0 Å². The molecule has 0 bridgehead atoms. The fraction of sp³-hybridized carbons (Fsp3) is 0.214. The van der Waals surface area contributed by atoms with Gasteiger partial charge in [0, 0.05) is 10.4 Å². The lowest BCUT2D eigenvalue weighted by Gasteiger charge is -1.98. The molecule has 2 nitrogen and oxygen atoms in total. The second-order valence-electron chi connectivity index (χ2n) is 3.79. The molecular weight excluding hydrogens is 236 g/mol. The van der Waals surface area contributed by atoms with E-state index in [0.29, 0.717) is 22.8 Å². The Bertz CT molecular complexity index is 593. The van der Waals surface area contributed by atoms with E-state index in [1.165, 1.54) is 0 Å². The van der Waals surface area contributed by atoms with Crippen molar-refractivity contribution in [3.63, 3.8) is 0 Å². The van der Waals surface area contributed by atoms with Crippen molar-refractivity contribution >= 4 is 28.4 Å². The summed E-state index contributed by atoms with van der Waals surface area (Å²) in [5, 5.41) is 1.49. The Hall–Kier alpha value is -1.54. The third-order valence-electron chi connectivity index (χ3n) is 2.72. The minimum absolute atomic E-state index is 0.0534. The molecule has 0 N–H and O–H groups in total. The third kappa shape index (κ3) is 2.27. The zero-order valence-corrected chi connectivity index (χ0v) is 10.5. The molecule has 1 aromatic carbocycles. The molecule has 3 heteroatoms. The van der Waals surface area contributed by atoms with Crippen LogP contribution in [0.5, 0.6) is 0 Å². The monoisotopic (exact) mass is 248 g/mol. The van der Waals surface area contributed by atoms with Crippen molar-refractivity contribution in [1.29, 1.82) is 0 Å². The SMILES string of the molecule is C/C=C(/CC)C(=O)c1cc2cc(Cl)ccc2o1. The first-order valence-corrected chi connectivity index (χ1v) is 5.92. The van der Waals surface area contributed by atoms with E-state index in [0.717, 1.165) is 11.0 Å². The summed E-state index contributed by atoms with van der Waals surface area (Å²) in [6.07, 6.45) is 2.52. The highest BCUT2D eigenvalue weighted by molar-refractivity contribution is 6.31. The molecule has 0 aliphatic rings. The van der Waals surface area contributed by atoms with E-state index in [1.54, 1.807) is 24.3 Å². The van der Waals surface area contributed by atoms with Gasteiger partial charge in [-0.2, -0.15) is 0 Å². The molecule has 0 atom stereocenters. The number of furan rings is 1. The van der Waals surface area contributed by atoms with Crippen molar-refractivity contribution in [2.75, 3.05) is 0 Å². The van der Waals surface area contributed by atoms with Gasteiger partial charge in [-0.15, -0.1) is 0 Å². The van der Waals surface area contributed by atoms with Crippen LogP contribution in [-0.4, -0.2) is 5.78 Å². The normalized spacial score (nSPS) is 12.1. The molecule has 0 amide bonds. The third-order valence-corrected chi connectivity index (χ3v) is 2.96. The minimum atomic E-state index is -0.0534. The van der Waals surface area contributed by atoms with Crippen molar-refractivity contribution in [1.82, 2.24) is 0 Å². The second-order valence-corrected chi connectivity index (χ2v) is 4.23. The first-order chi connectivity index (χ1) is 8.15. The van der Waals surface area contributed by atoms with Gasteiger partial charge in [0.25, 0.3) is 0 Å². The van der Waals surface area contributed by atoms with E-state index >= 15 is 0 Å². The lowest BCUT2D eigenvalue weighted by molar-refractivity contribution is 0.100. The molecule has 0 radical (unpaired) electrons. The highest BCUT2D eigenvalue weighted by atomic mass is 35.5. The molecule has 1 aromatic heterocycles. The van der Waals surface area contributed by atoms with Crippen molar-refractivity contribution in [2.24, 2.45) is 0 Å². The van der Waals surface area contributed by atoms with Gasteiger partial charge in [-0.25, -0.2) is 0 Å². The van der Waals surface area contributed by atoms with Gasteiger partial charge in [0.15, 0.2) is 5.76 Å². The topological polar surface area (TPSA) is 30.2 Å². The number of halogens is 1. The number of Topliss-reactive ketones (excluding diaryl/α,β-unsaturated/α-hetero) is 1. The largest absolute Gasteiger partial charge is 0.453 e. The molecule has 0 fully saturated rings. The zero-order chi connectivity index (χ0) is 12.4. The molecule has 0 aliphatic carbocycles. The molecule has 2 rings (SSSR count). The molecule has 17 heavy (non-hydrogen) atoms. The molecule has 0 saturated carbocycles. The molecule has 2 aromatic rings. The number of rotatable bonds is 3. The van der Waals surface area contributed by atoms with Crippen molar-refractivity contribution in [3.8, 4) is 0 Å². The van der Waals surface area contributed by atoms with Gasteiger partial charge in [-0.05, 0) is 43.2 Å². The summed E-state index contributed by atoms with van der Waals surface area (Å²) in [5.74, 6) is 0.319. The molecule has 0 saturated heterocycles. The Morgan fingerprint density at radius 1 is 1.41 bits per heavy atom. The maximum absolute atomic E-state index is 12.1. The van der Waals surface area contributed by atoms with E-state index in [9.17, 15) is 4.79 Å². The highest BCUT2D eigenvalue weighted by Gasteiger charge is 2.15. The molecule has 0 unspecified atom stereocenters. The van der Waals surface area contributed by atoms with Crippen LogP contribution in [0.15, 0.2) is 40.3 Å². The molecule has 0 spiro atoms. The molecule has 88 valence electrons.